The Labute approximate surface area is 145 Å². The summed E-state index contributed by atoms with van der Waals surface area (Å²) in [6.07, 6.45) is 0. The van der Waals surface area contributed by atoms with Gasteiger partial charge < -0.3 is 9.64 Å². The van der Waals surface area contributed by atoms with Crippen LogP contribution in [0.3, 0.4) is 0 Å². The van der Waals surface area contributed by atoms with Gasteiger partial charge in [-0.2, -0.15) is 0 Å². The number of carbonyl (C=O) groups is 1. The summed E-state index contributed by atoms with van der Waals surface area (Å²) in [4.78, 5) is 18.4. The Kier molecular flexibility index (Phi) is 6.47. The molecule has 0 aliphatic rings. The number of carbonyl (C=O) groups excluding carboxylic acids is 1. The van der Waals surface area contributed by atoms with Crippen molar-refractivity contribution in [2.75, 3.05) is 19.9 Å². The first-order chi connectivity index (χ1) is 11.0. The van der Waals surface area contributed by atoms with E-state index in [1.807, 2.05) is 45.2 Å². The van der Waals surface area contributed by atoms with E-state index < -0.39 is 0 Å². The molecule has 124 valence electrons. The topological polar surface area (TPSA) is 42.4 Å². The van der Waals surface area contributed by atoms with Gasteiger partial charge in [0.2, 0.25) is 5.91 Å². The van der Waals surface area contributed by atoms with E-state index in [0.717, 1.165) is 27.8 Å². The number of thiazole rings is 1. The van der Waals surface area contributed by atoms with Crippen LogP contribution in [-0.4, -0.2) is 41.7 Å². The average Bonchev–Trinajstić information content (AvgIpc) is 3.02. The highest BCUT2D eigenvalue weighted by molar-refractivity contribution is 7.99. The number of ether oxygens (including phenoxy) is 1. The van der Waals surface area contributed by atoms with Gasteiger partial charge in [-0.05, 0) is 38.1 Å². The van der Waals surface area contributed by atoms with Gasteiger partial charge in [0.05, 0.1) is 18.6 Å². The quantitative estimate of drug-likeness (QED) is 0.759. The Bertz CT molecular complexity index is 638. The van der Waals surface area contributed by atoms with Gasteiger partial charge in [0, 0.05) is 29.8 Å². The van der Waals surface area contributed by atoms with Crippen molar-refractivity contribution in [1.29, 1.82) is 0 Å². The van der Waals surface area contributed by atoms with Crippen LogP contribution in [0.4, 0.5) is 0 Å². The molecule has 1 heterocycles. The number of nitrogens with zero attached hydrogens (tertiary/aromatic N) is 2. The Morgan fingerprint density at radius 1 is 1.35 bits per heavy atom. The molecule has 0 radical (unpaired) electrons. The molecule has 0 fully saturated rings. The lowest BCUT2D eigenvalue weighted by atomic mass is 10.2. The SMILES string of the molecule is COc1ccc(-c2nc(CSCC(=O)N(C)C(C)C)cs2)cc1. The third-order valence-corrected chi connectivity index (χ3v) is 5.42. The fraction of sp³-hybridized carbons (Fsp3) is 0.412. The molecule has 0 saturated heterocycles. The molecule has 1 aromatic carbocycles. The number of methoxy groups -OCH3 is 1. The minimum Gasteiger partial charge on any atom is -0.497 e. The molecular weight excluding hydrogens is 328 g/mol. The van der Waals surface area contributed by atoms with Crippen molar-refractivity contribution in [2.45, 2.75) is 25.6 Å². The van der Waals surface area contributed by atoms with Crippen molar-refractivity contribution in [2.24, 2.45) is 0 Å². The van der Waals surface area contributed by atoms with Crippen LogP contribution in [0.25, 0.3) is 10.6 Å². The van der Waals surface area contributed by atoms with E-state index >= 15 is 0 Å². The molecule has 6 heteroatoms. The third kappa shape index (κ3) is 4.97. The lowest BCUT2D eigenvalue weighted by Crippen LogP contribution is -2.34. The molecule has 0 aliphatic heterocycles. The predicted octanol–water partition coefficient (Wildman–Crippen LogP) is 3.92. The standard InChI is InChI=1S/C17H22N2O2S2/c1-12(2)19(3)16(20)11-22-9-14-10-23-17(18-14)13-5-7-15(21-4)8-6-13/h5-8,10,12H,9,11H2,1-4H3. The minimum atomic E-state index is 0.163. The fourth-order valence-corrected chi connectivity index (χ4v) is 3.64. The molecule has 1 amide bonds. The van der Waals surface area contributed by atoms with Crippen molar-refractivity contribution in [3.63, 3.8) is 0 Å². The minimum absolute atomic E-state index is 0.163. The van der Waals surface area contributed by atoms with Crippen LogP contribution in [0.2, 0.25) is 0 Å². The molecule has 2 rings (SSSR count). The second-order valence-electron chi connectivity index (χ2n) is 5.46. The van der Waals surface area contributed by atoms with Crippen LogP contribution < -0.4 is 4.74 Å². The van der Waals surface area contributed by atoms with Crippen LogP contribution in [0.5, 0.6) is 5.75 Å². The summed E-state index contributed by atoms with van der Waals surface area (Å²) in [7, 11) is 3.50. The first-order valence-corrected chi connectivity index (χ1v) is 9.47. The number of thioether (sulfide) groups is 1. The summed E-state index contributed by atoms with van der Waals surface area (Å²) in [5.74, 6) is 2.25. The first-order valence-electron chi connectivity index (χ1n) is 7.43. The van der Waals surface area contributed by atoms with Gasteiger partial charge in [0.25, 0.3) is 0 Å². The van der Waals surface area contributed by atoms with Crippen LogP contribution in [-0.2, 0) is 10.5 Å². The van der Waals surface area contributed by atoms with Crippen LogP contribution in [0, 0.1) is 0 Å². The lowest BCUT2D eigenvalue weighted by Gasteiger charge is -2.20. The molecular formula is C17H22N2O2S2. The van der Waals surface area contributed by atoms with E-state index in [9.17, 15) is 4.79 Å². The average molecular weight is 351 g/mol. The normalized spacial score (nSPS) is 10.8. The zero-order valence-electron chi connectivity index (χ0n) is 13.9. The molecule has 1 aromatic heterocycles. The number of aromatic nitrogens is 1. The van der Waals surface area contributed by atoms with Crippen molar-refractivity contribution in [1.82, 2.24) is 9.88 Å². The highest BCUT2D eigenvalue weighted by Gasteiger charge is 2.12. The molecule has 0 bridgehead atoms. The van der Waals surface area contributed by atoms with Gasteiger partial charge in [-0.25, -0.2) is 4.98 Å². The summed E-state index contributed by atoms with van der Waals surface area (Å²) in [6, 6.07) is 8.13. The molecule has 4 nitrogen and oxygen atoms in total. The van der Waals surface area contributed by atoms with E-state index in [-0.39, 0.29) is 11.9 Å². The molecule has 0 aliphatic carbocycles. The number of benzene rings is 1. The maximum absolute atomic E-state index is 11.9. The van der Waals surface area contributed by atoms with E-state index in [0.29, 0.717) is 5.75 Å². The molecule has 23 heavy (non-hydrogen) atoms. The van der Waals surface area contributed by atoms with Crippen molar-refractivity contribution in [3.05, 3.63) is 35.3 Å². The highest BCUT2D eigenvalue weighted by atomic mass is 32.2. The molecule has 0 unspecified atom stereocenters. The first kappa shape index (κ1) is 17.8. The summed E-state index contributed by atoms with van der Waals surface area (Å²) < 4.78 is 5.17. The summed E-state index contributed by atoms with van der Waals surface area (Å²) >= 11 is 3.23. The van der Waals surface area contributed by atoms with Crippen LogP contribution in [0.1, 0.15) is 19.5 Å². The third-order valence-electron chi connectivity index (χ3n) is 3.53. The second kappa shape index (κ2) is 8.36. The smallest absolute Gasteiger partial charge is 0.232 e. The van der Waals surface area contributed by atoms with Gasteiger partial charge in [-0.15, -0.1) is 23.1 Å². The fourth-order valence-electron chi connectivity index (χ4n) is 1.87. The van der Waals surface area contributed by atoms with Crippen molar-refractivity contribution < 1.29 is 9.53 Å². The molecule has 0 saturated carbocycles. The molecule has 0 atom stereocenters. The van der Waals surface area contributed by atoms with Crippen molar-refractivity contribution >= 4 is 29.0 Å². The second-order valence-corrected chi connectivity index (χ2v) is 7.31. The predicted molar refractivity (Wildman–Crippen MR) is 98.2 cm³/mol. The zero-order chi connectivity index (χ0) is 16.8. The maximum atomic E-state index is 11.9. The number of amides is 1. The van der Waals surface area contributed by atoms with Crippen LogP contribution in [0.15, 0.2) is 29.6 Å². The molecule has 0 spiro atoms. The zero-order valence-corrected chi connectivity index (χ0v) is 15.5. The number of hydrogen-bond donors (Lipinski definition) is 0. The largest absolute Gasteiger partial charge is 0.497 e. The van der Waals surface area contributed by atoms with Crippen molar-refractivity contribution in [3.8, 4) is 16.3 Å². The van der Waals surface area contributed by atoms with Gasteiger partial charge in [-0.3, -0.25) is 4.79 Å². The number of rotatable bonds is 7. The molecule has 0 N–H and O–H groups in total. The van der Waals surface area contributed by atoms with E-state index in [1.54, 1.807) is 35.1 Å². The van der Waals surface area contributed by atoms with Crippen LogP contribution >= 0.6 is 23.1 Å². The summed E-state index contributed by atoms with van der Waals surface area (Å²) in [5, 5.41) is 3.05. The van der Waals surface area contributed by atoms with Gasteiger partial charge in [-0.1, -0.05) is 0 Å². The maximum Gasteiger partial charge on any atom is 0.232 e. The van der Waals surface area contributed by atoms with E-state index in [2.05, 4.69) is 10.4 Å². The summed E-state index contributed by atoms with van der Waals surface area (Å²) in [6.45, 7) is 4.04. The Morgan fingerprint density at radius 2 is 2.04 bits per heavy atom. The van der Waals surface area contributed by atoms with Gasteiger partial charge in [0.15, 0.2) is 0 Å². The van der Waals surface area contributed by atoms with Gasteiger partial charge >= 0.3 is 0 Å². The Morgan fingerprint density at radius 3 is 2.65 bits per heavy atom. The number of hydrogen-bond acceptors (Lipinski definition) is 5. The van der Waals surface area contributed by atoms with E-state index in [4.69, 9.17) is 4.74 Å². The van der Waals surface area contributed by atoms with Gasteiger partial charge in [0.1, 0.15) is 10.8 Å². The Balaban J connectivity index is 1.88. The van der Waals surface area contributed by atoms with E-state index in [1.165, 1.54) is 0 Å². The Hall–Kier alpha value is -1.53. The monoisotopic (exact) mass is 350 g/mol. The highest BCUT2D eigenvalue weighted by Crippen LogP contribution is 2.27. The summed E-state index contributed by atoms with van der Waals surface area (Å²) in [5.41, 5.74) is 2.11. The molecule has 2 aromatic rings. The lowest BCUT2D eigenvalue weighted by molar-refractivity contribution is -0.128.